The first-order chi connectivity index (χ1) is 10.2. The lowest BCUT2D eigenvalue weighted by atomic mass is 10.1. The molecule has 4 nitrogen and oxygen atoms in total. The van der Waals surface area contributed by atoms with Crippen LogP contribution in [0, 0.1) is 0 Å². The fraction of sp³-hybridized carbons (Fsp3) is 0.250. The predicted octanol–water partition coefficient (Wildman–Crippen LogP) is 2.92. The number of hydrogen-bond donors (Lipinski definition) is 1. The molecule has 1 saturated heterocycles. The molecule has 1 aromatic heterocycles. The van der Waals surface area contributed by atoms with Gasteiger partial charge >= 0.3 is 0 Å². The number of ether oxygens (including phenoxy) is 1. The van der Waals surface area contributed by atoms with Crippen molar-refractivity contribution in [3.8, 4) is 11.3 Å². The van der Waals surface area contributed by atoms with E-state index in [0.29, 0.717) is 23.8 Å². The van der Waals surface area contributed by atoms with Crippen LogP contribution < -0.4 is 5.32 Å². The van der Waals surface area contributed by atoms with Gasteiger partial charge in [-0.15, -0.1) is 0 Å². The van der Waals surface area contributed by atoms with E-state index in [1.807, 2.05) is 18.2 Å². The fourth-order valence-electron chi connectivity index (χ4n) is 2.26. The second-order valence-electron chi connectivity index (χ2n) is 4.97. The quantitative estimate of drug-likeness (QED) is 0.948. The normalized spacial score (nSPS) is 17.7. The van der Waals surface area contributed by atoms with E-state index in [2.05, 4.69) is 10.3 Å². The molecule has 1 aliphatic heterocycles. The first kappa shape index (κ1) is 14.0. The lowest BCUT2D eigenvalue weighted by molar-refractivity contribution is 0.0930. The molecule has 1 amide bonds. The summed E-state index contributed by atoms with van der Waals surface area (Å²) in [5.41, 5.74) is 2.42. The van der Waals surface area contributed by atoms with E-state index in [4.69, 9.17) is 16.3 Å². The molecule has 21 heavy (non-hydrogen) atoms. The first-order valence-corrected chi connectivity index (χ1v) is 7.21. The van der Waals surface area contributed by atoms with Gasteiger partial charge < -0.3 is 10.1 Å². The summed E-state index contributed by atoms with van der Waals surface area (Å²) < 4.78 is 5.25. The van der Waals surface area contributed by atoms with E-state index in [-0.39, 0.29) is 11.9 Å². The topological polar surface area (TPSA) is 51.2 Å². The van der Waals surface area contributed by atoms with E-state index < -0.39 is 0 Å². The Bertz CT molecular complexity index is 620. The summed E-state index contributed by atoms with van der Waals surface area (Å²) in [6.45, 7) is 1.31. The molecule has 0 bridgehead atoms. The predicted molar refractivity (Wildman–Crippen MR) is 81.4 cm³/mol. The molecule has 3 rings (SSSR count). The highest BCUT2D eigenvalue weighted by atomic mass is 35.5. The number of benzene rings is 1. The Morgan fingerprint density at radius 2 is 2.05 bits per heavy atom. The van der Waals surface area contributed by atoms with Crippen LogP contribution in [0.2, 0.25) is 5.02 Å². The largest absolute Gasteiger partial charge is 0.379 e. The van der Waals surface area contributed by atoms with Gasteiger partial charge in [-0.3, -0.25) is 9.78 Å². The van der Waals surface area contributed by atoms with Gasteiger partial charge in [0.1, 0.15) is 0 Å². The van der Waals surface area contributed by atoms with Crippen LogP contribution in [0.5, 0.6) is 0 Å². The summed E-state index contributed by atoms with van der Waals surface area (Å²) in [6, 6.07) is 11.1. The molecule has 1 fully saturated rings. The summed E-state index contributed by atoms with van der Waals surface area (Å²) in [7, 11) is 0. The third-order valence-electron chi connectivity index (χ3n) is 3.44. The van der Waals surface area contributed by atoms with Gasteiger partial charge in [0.05, 0.1) is 23.4 Å². The van der Waals surface area contributed by atoms with Gasteiger partial charge in [0, 0.05) is 23.9 Å². The molecule has 0 unspecified atom stereocenters. The fourth-order valence-corrected chi connectivity index (χ4v) is 2.37. The third-order valence-corrected chi connectivity index (χ3v) is 3.66. The SMILES string of the molecule is O=C(N[C@H]1CCOC1)c1ccc(-c2ccc(Cl)cn2)cc1. The summed E-state index contributed by atoms with van der Waals surface area (Å²) >= 11 is 5.82. The number of carbonyl (C=O) groups excluding carboxylic acids is 1. The zero-order valence-corrected chi connectivity index (χ0v) is 12.1. The van der Waals surface area contributed by atoms with Crippen LogP contribution in [-0.4, -0.2) is 30.1 Å². The van der Waals surface area contributed by atoms with Crippen molar-refractivity contribution in [1.29, 1.82) is 0 Å². The lowest BCUT2D eigenvalue weighted by Crippen LogP contribution is -2.34. The van der Waals surface area contributed by atoms with E-state index in [0.717, 1.165) is 17.7 Å². The average molecular weight is 303 g/mol. The molecule has 1 aliphatic rings. The number of nitrogens with zero attached hydrogens (tertiary/aromatic N) is 1. The lowest BCUT2D eigenvalue weighted by Gasteiger charge is -2.10. The highest BCUT2D eigenvalue weighted by molar-refractivity contribution is 6.30. The number of hydrogen-bond acceptors (Lipinski definition) is 3. The molecule has 2 aromatic rings. The Morgan fingerprint density at radius 3 is 2.67 bits per heavy atom. The molecule has 2 heterocycles. The van der Waals surface area contributed by atoms with Gasteiger partial charge in [-0.05, 0) is 30.7 Å². The van der Waals surface area contributed by atoms with Crippen LogP contribution >= 0.6 is 11.6 Å². The van der Waals surface area contributed by atoms with E-state index in [1.54, 1.807) is 24.4 Å². The zero-order valence-electron chi connectivity index (χ0n) is 11.4. The number of nitrogens with one attached hydrogen (secondary N) is 1. The molecule has 0 spiro atoms. The summed E-state index contributed by atoms with van der Waals surface area (Å²) in [4.78, 5) is 16.4. The van der Waals surface area contributed by atoms with Crippen molar-refractivity contribution in [2.24, 2.45) is 0 Å². The van der Waals surface area contributed by atoms with Crippen molar-refractivity contribution >= 4 is 17.5 Å². The molecule has 0 aliphatic carbocycles. The van der Waals surface area contributed by atoms with Crippen LogP contribution in [0.1, 0.15) is 16.8 Å². The number of rotatable bonds is 3. The van der Waals surface area contributed by atoms with Crippen molar-refractivity contribution in [3.05, 3.63) is 53.2 Å². The summed E-state index contributed by atoms with van der Waals surface area (Å²) in [5, 5.41) is 3.57. The van der Waals surface area contributed by atoms with Gasteiger partial charge in [-0.25, -0.2) is 0 Å². The Labute approximate surface area is 128 Å². The van der Waals surface area contributed by atoms with E-state index in [9.17, 15) is 4.79 Å². The van der Waals surface area contributed by atoms with Crippen LogP contribution in [0.3, 0.4) is 0 Å². The van der Waals surface area contributed by atoms with Gasteiger partial charge in [0.2, 0.25) is 0 Å². The Kier molecular flexibility index (Phi) is 4.18. The maximum atomic E-state index is 12.1. The number of carbonyl (C=O) groups is 1. The molecule has 5 heteroatoms. The van der Waals surface area contributed by atoms with Gasteiger partial charge in [-0.1, -0.05) is 23.7 Å². The van der Waals surface area contributed by atoms with Crippen LogP contribution in [0.15, 0.2) is 42.6 Å². The highest BCUT2D eigenvalue weighted by Crippen LogP contribution is 2.19. The minimum Gasteiger partial charge on any atom is -0.379 e. The van der Waals surface area contributed by atoms with Gasteiger partial charge in [0.25, 0.3) is 5.91 Å². The third kappa shape index (κ3) is 3.40. The maximum Gasteiger partial charge on any atom is 0.251 e. The average Bonchev–Trinajstić information content (AvgIpc) is 3.01. The number of aromatic nitrogens is 1. The molecule has 1 N–H and O–H groups in total. The highest BCUT2D eigenvalue weighted by Gasteiger charge is 2.18. The monoisotopic (exact) mass is 302 g/mol. The number of pyridine rings is 1. The van der Waals surface area contributed by atoms with Crippen LogP contribution in [0.4, 0.5) is 0 Å². The Balaban J connectivity index is 1.71. The van der Waals surface area contributed by atoms with Crippen molar-refractivity contribution in [3.63, 3.8) is 0 Å². The van der Waals surface area contributed by atoms with Gasteiger partial charge in [-0.2, -0.15) is 0 Å². The van der Waals surface area contributed by atoms with Crippen molar-refractivity contribution < 1.29 is 9.53 Å². The first-order valence-electron chi connectivity index (χ1n) is 6.83. The smallest absolute Gasteiger partial charge is 0.251 e. The molecule has 0 saturated carbocycles. The minimum absolute atomic E-state index is 0.0684. The minimum atomic E-state index is -0.0684. The Hall–Kier alpha value is -1.91. The van der Waals surface area contributed by atoms with Gasteiger partial charge in [0.15, 0.2) is 0 Å². The molecular weight excluding hydrogens is 288 g/mol. The molecule has 108 valence electrons. The molecule has 1 atom stereocenters. The van der Waals surface area contributed by atoms with Crippen molar-refractivity contribution in [2.45, 2.75) is 12.5 Å². The van der Waals surface area contributed by atoms with Crippen LogP contribution in [-0.2, 0) is 4.74 Å². The molecule has 0 radical (unpaired) electrons. The summed E-state index contributed by atoms with van der Waals surface area (Å²) in [6.07, 6.45) is 2.48. The second kappa shape index (κ2) is 6.24. The molecular formula is C16H15ClN2O2. The number of halogens is 1. The molecule has 1 aromatic carbocycles. The second-order valence-corrected chi connectivity index (χ2v) is 5.41. The van der Waals surface area contributed by atoms with Crippen LogP contribution in [0.25, 0.3) is 11.3 Å². The van der Waals surface area contributed by atoms with E-state index >= 15 is 0 Å². The van der Waals surface area contributed by atoms with Crippen molar-refractivity contribution in [1.82, 2.24) is 10.3 Å². The Morgan fingerprint density at radius 1 is 1.24 bits per heavy atom. The van der Waals surface area contributed by atoms with Crippen molar-refractivity contribution in [2.75, 3.05) is 13.2 Å². The standard InChI is InChI=1S/C16H15ClN2O2/c17-13-5-6-15(18-9-13)11-1-3-12(4-2-11)16(20)19-14-7-8-21-10-14/h1-6,9,14H,7-8,10H2,(H,19,20)/t14-/m0/s1. The zero-order chi connectivity index (χ0) is 14.7. The number of amides is 1. The summed E-state index contributed by atoms with van der Waals surface area (Å²) in [5.74, 6) is -0.0684. The van der Waals surface area contributed by atoms with E-state index in [1.165, 1.54) is 0 Å². The maximum absolute atomic E-state index is 12.1.